The van der Waals surface area contributed by atoms with Gasteiger partial charge in [0, 0.05) is 11.6 Å². The van der Waals surface area contributed by atoms with E-state index >= 15 is 0 Å². The Kier molecular flexibility index (Phi) is 6.17. The predicted molar refractivity (Wildman–Crippen MR) is 92.4 cm³/mol. The van der Waals surface area contributed by atoms with Crippen molar-refractivity contribution in [2.45, 2.75) is 71.6 Å². The fourth-order valence-electron chi connectivity index (χ4n) is 3.16. The molecular formula is C19H32FNO. The molecule has 1 saturated heterocycles. The van der Waals surface area contributed by atoms with Crippen LogP contribution in [0.4, 0.5) is 4.39 Å². The first kappa shape index (κ1) is 19.1. The minimum absolute atomic E-state index is 0.0190. The Morgan fingerprint density at radius 2 is 1.82 bits per heavy atom. The molecule has 22 heavy (non-hydrogen) atoms. The van der Waals surface area contributed by atoms with Crippen LogP contribution in [0, 0.1) is 5.92 Å². The Balaban J connectivity index is 2.99. The van der Waals surface area contributed by atoms with E-state index in [-0.39, 0.29) is 23.3 Å². The molecule has 126 valence electrons. The van der Waals surface area contributed by atoms with E-state index in [0.717, 1.165) is 25.0 Å². The Labute approximate surface area is 135 Å². The molecule has 0 aromatic carbocycles. The van der Waals surface area contributed by atoms with Gasteiger partial charge in [-0.15, -0.1) is 0 Å². The summed E-state index contributed by atoms with van der Waals surface area (Å²) in [6, 6.07) is 0.131. The highest BCUT2D eigenvalue weighted by atomic mass is 19.1. The van der Waals surface area contributed by atoms with Gasteiger partial charge in [0.15, 0.2) is 0 Å². The molecule has 0 aromatic rings. The summed E-state index contributed by atoms with van der Waals surface area (Å²) in [4.78, 5) is 2.41. The fourth-order valence-corrected chi connectivity index (χ4v) is 3.16. The summed E-state index contributed by atoms with van der Waals surface area (Å²) in [6.07, 6.45) is 6.49. The first-order valence-electron chi connectivity index (χ1n) is 8.14. The molecular weight excluding hydrogens is 277 g/mol. The van der Waals surface area contributed by atoms with E-state index in [1.54, 1.807) is 13.0 Å². The quantitative estimate of drug-likeness (QED) is 0.766. The Morgan fingerprint density at radius 3 is 2.27 bits per heavy atom. The molecule has 0 radical (unpaired) electrons. The Bertz CT molecular complexity index is 451. The van der Waals surface area contributed by atoms with Gasteiger partial charge < -0.3 is 5.11 Å². The van der Waals surface area contributed by atoms with Gasteiger partial charge in [0.25, 0.3) is 0 Å². The monoisotopic (exact) mass is 309 g/mol. The summed E-state index contributed by atoms with van der Waals surface area (Å²) >= 11 is 0. The molecule has 1 rings (SSSR count). The molecule has 0 bridgehead atoms. The van der Waals surface area contributed by atoms with E-state index in [2.05, 4.69) is 32.3 Å². The molecule has 1 aliphatic rings. The number of likely N-dealkylation sites (tertiary alicyclic amines) is 1. The molecule has 3 heteroatoms. The summed E-state index contributed by atoms with van der Waals surface area (Å²) in [5, 5.41) is 10.4. The molecule has 2 atom stereocenters. The number of piperidine rings is 1. The Morgan fingerprint density at radius 1 is 1.23 bits per heavy atom. The van der Waals surface area contributed by atoms with Crippen LogP contribution in [0.2, 0.25) is 0 Å². The largest absolute Gasteiger partial charge is 0.390 e. The SMILES string of the molecule is C=C(/C=C\C(F)=C/C)[C@H]1C[C@@H](C(C)(C)O)CCN1C(C)(C)C. The minimum Gasteiger partial charge on any atom is -0.390 e. The van der Waals surface area contributed by atoms with Crippen molar-refractivity contribution in [3.63, 3.8) is 0 Å². The van der Waals surface area contributed by atoms with Gasteiger partial charge in [-0.05, 0) is 78.5 Å². The van der Waals surface area contributed by atoms with Crippen molar-refractivity contribution in [3.8, 4) is 0 Å². The Hall–Kier alpha value is -0.930. The van der Waals surface area contributed by atoms with E-state index in [1.807, 2.05) is 13.8 Å². The van der Waals surface area contributed by atoms with Crippen molar-refractivity contribution >= 4 is 0 Å². The zero-order valence-corrected chi connectivity index (χ0v) is 15.0. The summed E-state index contributed by atoms with van der Waals surface area (Å²) < 4.78 is 13.3. The normalized spacial score (nSPS) is 25.7. The highest BCUT2D eigenvalue weighted by Gasteiger charge is 2.40. The fraction of sp³-hybridized carbons (Fsp3) is 0.684. The first-order chi connectivity index (χ1) is 9.96. The standard InChI is InChI=1S/C19H32FNO/c1-8-16(20)10-9-14(2)17-13-15(19(6,7)22)11-12-21(17)18(3,4)5/h8-10,15,17,22H,2,11-13H2,1,3-7H3/b10-9-,16-8+/t15-,17+/m0/s1. The summed E-state index contributed by atoms with van der Waals surface area (Å²) in [6.45, 7) is 17.1. The van der Waals surface area contributed by atoms with Gasteiger partial charge in [-0.3, -0.25) is 4.90 Å². The van der Waals surface area contributed by atoms with Crippen LogP contribution < -0.4 is 0 Å². The third-order valence-electron chi connectivity index (χ3n) is 4.62. The van der Waals surface area contributed by atoms with Crippen LogP contribution in [0.25, 0.3) is 0 Å². The molecule has 0 unspecified atom stereocenters. The van der Waals surface area contributed by atoms with Crippen molar-refractivity contribution in [2.24, 2.45) is 5.92 Å². The van der Waals surface area contributed by atoms with Crippen molar-refractivity contribution in [1.82, 2.24) is 4.90 Å². The van der Waals surface area contributed by atoms with E-state index in [0.29, 0.717) is 0 Å². The van der Waals surface area contributed by atoms with Gasteiger partial charge in [-0.25, -0.2) is 4.39 Å². The van der Waals surface area contributed by atoms with Gasteiger partial charge >= 0.3 is 0 Å². The average molecular weight is 309 g/mol. The van der Waals surface area contributed by atoms with Crippen molar-refractivity contribution in [3.05, 3.63) is 36.2 Å². The third kappa shape index (κ3) is 5.06. The molecule has 1 fully saturated rings. The van der Waals surface area contributed by atoms with Crippen molar-refractivity contribution in [1.29, 1.82) is 0 Å². The van der Waals surface area contributed by atoms with Gasteiger partial charge in [0.2, 0.25) is 0 Å². The lowest BCUT2D eigenvalue weighted by molar-refractivity contribution is -0.0418. The molecule has 0 aliphatic carbocycles. The molecule has 1 N–H and O–H groups in total. The number of rotatable bonds is 4. The van der Waals surface area contributed by atoms with Crippen molar-refractivity contribution in [2.75, 3.05) is 6.54 Å². The minimum atomic E-state index is -0.694. The lowest BCUT2D eigenvalue weighted by atomic mass is 9.77. The maximum absolute atomic E-state index is 13.3. The zero-order chi connectivity index (χ0) is 17.1. The molecule has 1 aliphatic heterocycles. The van der Waals surface area contributed by atoms with Crippen LogP contribution >= 0.6 is 0 Å². The van der Waals surface area contributed by atoms with Gasteiger partial charge in [0.05, 0.1) is 5.60 Å². The molecule has 2 nitrogen and oxygen atoms in total. The topological polar surface area (TPSA) is 23.5 Å². The number of allylic oxidation sites excluding steroid dienone is 3. The zero-order valence-electron chi connectivity index (χ0n) is 15.0. The summed E-state index contributed by atoms with van der Waals surface area (Å²) in [7, 11) is 0. The average Bonchev–Trinajstić information content (AvgIpc) is 2.41. The number of aliphatic hydroxyl groups is 1. The number of hydrogen-bond acceptors (Lipinski definition) is 2. The molecule has 0 aromatic heterocycles. The second-order valence-electron chi connectivity index (χ2n) is 7.84. The predicted octanol–water partition coefficient (Wildman–Crippen LogP) is 4.62. The van der Waals surface area contributed by atoms with Gasteiger partial charge in [-0.2, -0.15) is 0 Å². The molecule has 0 saturated carbocycles. The van der Waals surface area contributed by atoms with Crippen LogP contribution in [0.3, 0.4) is 0 Å². The van der Waals surface area contributed by atoms with Crippen LogP contribution in [0.1, 0.15) is 54.4 Å². The smallest absolute Gasteiger partial charge is 0.118 e. The third-order valence-corrected chi connectivity index (χ3v) is 4.62. The second-order valence-corrected chi connectivity index (χ2v) is 7.84. The van der Waals surface area contributed by atoms with E-state index < -0.39 is 5.60 Å². The van der Waals surface area contributed by atoms with E-state index in [4.69, 9.17) is 0 Å². The van der Waals surface area contributed by atoms with Crippen LogP contribution in [0.15, 0.2) is 36.2 Å². The first-order valence-corrected chi connectivity index (χ1v) is 8.14. The van der Waals surface area contributed by atoms with E-state index in [9.17, 15) is 9.50 Å². The number of halogens is 1. The van der Waals surface area contributed by atoms with Gasteiger partial charge in [-0.1, -0.05) is 18.7 Å². The number of hydrogen-bond donors (Lipinski definition) is 1. The van der Waals surface area contributed by atoms with E-state index in [1.165, 1.54) is 12.2 Å². The lowest BCUT2D eigenvalue weighted by Crippen LogP contribution is -2.55. The van der Waals surface area contributed by atoms with Crippen LogP contribution in [-0.2, 0) is 0 Å². The second kappa shape index (κ2) is 7.10. The highest BCUT2D eigenvalue weighted by molar-refractivity contribution is 5.27. The van der Waals surface area contributed by atoms with Crippen LogP contribution in [0.5, 0.6) is 0 Å². The summed E-state index contributed by atoms with van der Waals surface area (Å²) in [5.74, 6) is -0.0221. The molecule has 0 amide bonds. The van der Waals surface area contributed by atoms with Gasteiger partial charge in [0.1, 0.15) is 5.83 Å². The maximum atomic E-state index is 13.3. The molecule has 0 spiro atoms. The van der Waals surface area contributed by atoms with Crippen LogP contribution in [-0.4, -0.2) is 33.7 Å². The number of nitrogens with zero attached hydrogens (tertiary/aromatic N) is 1. The van der Waals surface area contributed by atoms with Crippen molar-refractivity contribution < 1.29 is 9.50 Å². The highest BCUT2D eigenvalue weighted by Crippen LogP contribution is 2.37. The summed E-state index contributed by atoms with van der Waals surface area (Å²) in [5.41, 5.74) is 0.229. The lowest BCUT2D eigenvalue weighted by Gasteiger charge is -2.49. The maximum Gasteiger partial charge on any atom is 0.118 e. The molecule has 1 heterocycles.